The van der Waals surface area contributed by atoms with Crippen LogP contribution in [0.15, 0.2) is 23.1 Å². The molecule has 0 aliphatic heterocycles. The van der Waals surface area contributed by atoms with E-state index in [4.69, 9.17) is 5.73 Å². The standard InChI is InChI=1S/C12H19FN2O2S/c1-3-4-11(14)8-15-18(16,17)12-6-9(2)5-10(13)7-12/h5-7,11,15H,3-4,8,14H2,1-2H3/t11-/m0/s1. The molecule has 102 valence electrons. The van der Waals surface area contributed by atoms with Gasteiger partial charge in [-0.1, -0.05) is 13.3 Å². The summed E-state index contributed by atoms with van der Waals surface area (Å²) in [7, 11) is -3.69. The van der Waals surface area contributed by atoms with Crippen molar-refractivity contribution < 1.29 is 12.8 Å². The summed E-state index contributed by atoms with van der Waals surface area (Å²) < 4.78 is 39.4. The van der Waals surface area contributed by atoms with E-state index < -0.39 is 15.8 Å². The highest BCUT2D eigenvalue weighted by molar-refractivity contribution is 7.89. The molecule has 1 atom stereocenters. The van der Waals surface area contributed by atoms with Gasteiger partial charge in [0.2, 0.25) is 10.0 Å². The minimum absolute atomic E-state index is 0.0660. The van der Waals surface area contributed by atoms with Gasteiger partial charge in [-0.05, 0) is 37.1 Å². The van der Waals surface area contributed by atoms with E-state index in [1.165, 1.54) is 12.1 Å². The lowest BCUT2D eigenvalue weighted by Gasteiger charge is -2.12. The highest BCUT2D eigenvalue weighted by Gasteiger charge is 2.16. The van der Waals surface area contributed by atoms with E-state index in [0.717, 1.165) is 18.9 Å². The highest BCUT2D eigenvalue weighted by Crippen LogP contribution is 2.13. The Balaban J connectivity index is 2.80. The van der Waals surface area contributed by atoms with Crippen LogP contribution in [0, 0.1) is 12.7 Å². The van der Waals surface area contributed by atoms with Gasteiger partial charge in [0.25, 0.3) is 0 Å². The summed E-state index contributed by atoms with van der Waals surface area (Å²) in [6, 6.07) is 3.48. The van der Waals surface area contributed by atoms with Crippen molar-refractivity contribution in [2.45, 2.75) is 37.6 Å². The third kappa shape index (κ3) is 4.36. The first-order chi connectivity index (χ1) is 8.35. The Kier molecular flexibility index (Phi) is 5.25. The van der Waals surface area contributed by atoms with E-state index in [9.17, 15) is 12.8 Å². The van der Waals surface area contributed by atoms with Crippen molar-refractivity contribution >= 4 is 10.0 Å². The van der Waals surface area contributed by atoms with Crippen LogP contribution in [0.4, 0.5) is 4.39 Å². The zero-order chi connectivity index (χ0) is 13.8. The average molecular weight is 274 g/mol. The molecule has 1 rings (SSSR count). The van der Waals surface area contributed by atoms with E-state index in [2.05, 4.69) is 4.72 Å². The molecular weight excluding hydrogens is 255 g/mol. The highest BCUT2D eigenvalue weighted by atomic mass is 32.2. The molecule has 0 saturated carbocycles. The average Bonchev–Trinajstić information content (AvgIpc) is 2.26. The summed E-state index contributed by atoms with van der Waals surface area (Å²) in [5.74, 6) is -0.562. The first-order valence-electron chi connectivity index (χ1n) is 5.87. The van der Waals surface area contributed by atoms with Crippen LogP contribution in [0.2, 0.25) is 0 Å². The van der Waals surface area contributed by atoms with Crippen molar-refractivity contribution in [3.63, 3.8) is 0 Å². The van der Waals surface area contributed by atoms with E-state index >= 15 is 0 Å². The summed E-state index contributed by atoms with van der Waals surface area (Å²) in [6.45, 7) is 3.78. The molecule has 0 heterocycles. The number of nitrogens with two attached hydrogens (primary N) is 1. The topological polar surface area (TPSA) is 72.2 Å². The minimum Gasteiger partial charge on any atom is -0.327 e. The second-order valence-corrected chi connectivity index (χ2v) is 6.13. The normalized spacial score (nSPS) is 13.6. The largest absolute Gasteiger partial charge is 0.327 e. The van der Waals surface area contributed by atoms with Crippen LogP contribution < -0.4 is 10.5 Å². The lowest BCUT2D eigenvalue weighted by atomic mass is 10.2. The molecule has 0 fully saturated rings. The van der Waals surface area contributed by atoms with Crippen LogP contribution in [0.5, 0.6) is 0 Å². The van der Waals surface area contributed by atoms with Crippen molar-refractivity contribution in [3.8, 4) is 0 Å². The number of benzene rings is 1. The predicted octanol–water partition coefficient (Wildman–Crippen LogP) is 1.54. The van der Waals surface area contributed by atoms with Gasteiger partial charge < -0.3 is 5.73 Å². The van der Waals surface area contributed by atoms with Crippen LogP contribution in [-0.4, -0.2) is 21.0 Å². The van der Waals surface area contributed by atoms with E-state index in [1.807, 2.05) is 6.92 Å². The number of sulfonamides is 1. The maximum absolute atomic E-state index is 13.2. The molecule has 0 saturated heterocycles. The van der Waals surface area contributed by atoms with E-state index in [0.29, 0.717) is 5.56 Å². The van der Waals surface area contributed by atoms with Gasteiger partial charge in [0, 0.05) is 12.6 Å². The Morgan fingerprint density at radius 2 is 2.06 bits per heavy atom. The van der Waals surface area contributed by atoms with Crippen molar-refractivity contribution in [2.24, 2.45) is 5.73 Å². The van der Waals surface area contributed by atoms with Crippen molar-refractivity contribution in [1.29, 1.82) is 0 Å². The van der Waals surface area contributed by atoms with Crippen molar-refractivity contribution in [3.05, 3.63) is 29.6 Å². The number of hydrogen-bond acceptors (Lipinski definition) is 3. The monoisotopic (exact) mass is 274 g/mol. The van der Waals surface area contributed by atoms with Gasteiger partial charge in [0.05, 0.1) is 4.90 Å². The molecule has 0 aliphatic rings. The molecule has 0 radical (unpaired) electrons. The Hall–Kier alpha value is -0.980. The van der Waals surface area contributed by atoms with Crippen LogP contribution in [0.25, 0.3) is 0 Å². The number of halogens is 1. The van der Waals surface area contributed by atoms with Crippen molar-refractivity contribution in [1.82, 2.24) is 4.72 Å². The lowest BCUT2D eigenvalue weighted by molar-refractivity contribution is 0.551. The Bertz CT molecular complexity index is 483. The van der Waals surface area contributed by atoms with Gasteiger partial charge in [-0.3, -0.25) is 0 Å². The smallest absolute Gasteiger partial charge is 0.240 e. The number of rotatable bonds is 6. The second-order valence-electron chi connectivity index (χ2n) is 4.36. The SMILES string of the molecule is CCC[C@H](N)CNS(=O)(=O)c1cc(C)cc(F)c1. The third-order valence-corrected chi connectivity index (χ3v) is 3.92. The Morgan fingerprint density at radius 3 is 2.61 bits per heavy atom. The molecule has 6 heteroatoms. The summed E-state index contributed by atoms with van der Waals surface area (Å²) in [5.41, 5.74) is 6.29. The molecule has 1 aromatic carbocycles. The Labute approximate surface area is 107 Å². The number of nitrogens with one attached hydrogen (secondary N) is 1. The Morgan fingerprint density at radius 1 is 1.39 bits per heavy atom. The van der Waals surface area contributed by atoms with Crippen LogP contribution in [0.3, 0.4) is 0 Å². The molecule has 0 aromatic heterocycles. The number of hydrogen-bond donors (Lipinski definition) is 2. The first-order valence-corrected chi connectivity index (χ1v) is 7.36. The van der Waals surface area contributed by atoms with Gasteiger partial charge in [0.1, 0.15) is 5.82 Å². The molecule has 3 N–H and O–H groups in total. The fourth-order valence-electron chi connectivity index (χ4n) is 1.63. The van der Waals surface area contributed by atoms with E-state index in [1.54, 1.807) is 6.92 Å². The maximum atomic E-state index is 13.2. The second kappa shape index (κ2) is 6.26. The van der Waals surface area contributed by atoms with Gasteiger partial charge in [-0.25, -0.2) is 17.5 Å². The molecule has 0 unspecified atom stereocenters. The molecule has 0 spiro atoms. The summed E-state index contributed by atoms with van der Waals surface area (Å²) >= 11 is 0. The van der Waals surface area contributed by atoms with Crippen LogP contribution in [-0.2, 0) is 10.0 Å². The van der Waals surface area contributed by atoms with Gasteiger partial charge in [0.15, 0.2) is 0 Å². The van der Waals surface area contributed by atoms with Gasteiger partial charge in [-0.2, -0.15) is 0 Å². The third-order valence-electron chi connectivity index (χ3n) is 2.52. The lowest BCUT2D eigenvalue weighted by Crippen LogP contribution is -2.37. The minimum atomic E-state index is -3.69. The van der Waals surface area contributed by atoms with Gasteiger partial charge >= 0.3 is 0 Å². The molecule has 0 amide bonds. The van der Waals surface area contributed by atoms with Gasteiger partial charge in [-0.15, -0.1) is 0 Å². The van der Waals surface area contributed by atoms with Crippen LogP contribution in [0.1, 0.15) is 25.3 Å². The fraction of sp³-hybridized carbons (Fsp3) is 0.500. The maximum Gasteiger partial charge on any atom is 0.240 e. The zero-order valence-electron chi connectivity index (χ0n) is 10.6. The fourth-order valence-corrected chi connectivity index (χ4v) is 2.84. The molecule has 0 aliphatic carbocycles. The summed E-state index contributed by atoms with van der Waals surface area (Å²) in [4.78, 5) is -0.0660. The molecule has 1 aromatic rings. The van der Waals surface area contributed by atoms with Crippen molar-refractivity contribution in [2.75, 3.05) is 6.54 Å². The molecule has 0 bridgehead atoms. The van der Waals surface area contributed by atoms with Crippen LogP contribution >= 0.6 is 0 Å². The first kappa shape index (κ1) is 15.1. The summed E-state index contributed by atoms with van der Waals surface area (Å²) in [5, 5.41) is 0. The van der Waals surface area contributed by atoms with E-state index in [-0.39, 0.29) is 17.5 Å². The molecule has 18 heavy (non-hydrogen) atoms. The zero-order valence-corrected chi connectivity index (χ0v) is 11.4. The number of aryl methyl sites for hydroxylation is 1. The predicted molar refractivity (Wildman–Crippen MR) is 69.2 cm³/mol. The molecular formula is C12H19FN2O2S. The molecule has 4 nitrogen and oxygen atoms in total. The quantitative estimate of drug-likeness (QED) is 0.826. The summed E-state index contributed by atoms with van der Waals surface area (Å²) in [6.07, 6.45) is 1.63.